The minimum absolute atomic E-state index is 0.139. The first-order valence-electron chi connectivity index (χ1n) is 8.10. The van der Waals surface area contributed by atoms with E-state index >= 15 is 0 Å². The molecule has 0 aliphatic carbocycles. The predicted octanol–water partition coefficient (Wildman–Crippen LogP) is 4.05. The van der Waals surface area contributed by atoms with Crippen LogP contribution in [0.2, 0.25) is 0 Å². The van der Waals surface area contributed by atoms with E-state index in [-0.39, 0.29) is 5.54 Å². The van der Waals surface area contributed by atoms with Crippen LogP contribution in [0.4, 0.5) is 0 Å². The van der Waals surface area contributed by atoms with Crippen LogP contribution < -0.4 is 5.73 Å². The smallest absolute Gasteiger partial charge is 0.0335 e. The number of rotatable bonds is 9. The van der Waals surface area contributed by atoms with Crippen LogP contribution in [0.15, 0.2) is 30.3 Å². The molecule has 0 amide bonds. The molecular weight excluding hydrogens is 244 g/mol. The minimum Gasteiger partial charge on any atom is -0.329 e. The Balaban J connectivity index is 2.90. The van der Waals surface area contributed by atoms with Crippen molar-refractivity contribution in [1.82, 2.24) is 4.90 Å². The first-order chi connectivity index (χ1) is 9.61. The molecule has 0 aromatic heterocycles. The zero-order valence-corrected chi connectivity index (χ0v) is 13.7. The quantitative estimate of drug-likeness (QED) is 0.737. The van der Waals surface area contributed by atoms with Gasteiger partial charge in [0.25, 0.3) is 0 Å². The van der Waals surface area contributed by atoms with Crippen LogP contribution in [0.3, 0.4) is 0 Å². The van der Waals surface area contributed by atoms with Gasteiger partial charge in [0.2, 0.25) is 0 Å². The van der Waals surface area contributed by atoms with Gasteiger partial charge < -0.3 is 5.73 Å². The van der Waals surface area contributed by atoms with Crippen LogP contribution in [0, 0.1) is 5.92 Å². The van der Waals surface area contributed by atoms with E-state index < -0.39 is 0 Å². The van der Waals surface area contributed by atoms with E-state index in [1.54, 1.807) is 0 Å². The third-order valence-corrected chi connectivity index (χ3v) is 4.73. The van der Waals surface area contributed by atoms with Crippen LogP contribution in [0.5, 0.6) is 0 Å². The van der Waals surface area contributed by atoms with Gasteiger partial charge in [0.15, 0.2) is 0 Å². The Morgan fingerprint density at radius 1 is 1.15 bits per heavy atom. The summed E-state index contributed by atoms with van der Waals surface area (Å²) in [5, 5.41) is 0. The van der Waals surface area contributed by atoms with E-state index in [1.165, 1.54) is 18.4 Å². The van der Waals surface area contributed by atoms with Crippen molar-refractivity contribution in [1.29, 1.82) is 0 Å². The maximum Gasteiger partial charge on any atom is 0.0335 e. The third-order valence-electron chi connectivity index (χ3n) is 4.73. The van der Waals surface area contributed by atoms with Gasteiger partial charge in [-0.25, -0.2) is 0 Å². The second-order valence-electron chi connectivity index (χ2n) is 6.00. The minimum atomic E-state index is 0.139. The Morgan fingerprint density at radius 3 is 2.25 bits per heavy atom. The molecule has 0 aliphatic heterocycles. The highest BCUT2D eigenvalue weighted by Crippen LogP contribution is 2.29. The summed E-state index contributed by atoms with van der Waals surface area (Å²) in [7, 11) is 0. The molecule has 1 aromatic rings. The van der Waals surface area contributed by atoms with Gasteiger partial charge >= 0.3 is 0 Å². The number of nitrogens with two attached hydrogens (primary N) is 1. The van der Waals surface area contributed by atoms with Gasteiger partial charge in [-0.05, 0) is 30.9 Å². The zero-order chi connectivity index (χ0) is 15.0. The fourth-order valence-electron chi connectivity index (χ4n) is 3.07. The number of benzene rings is 1. The molecule has 2 heteroatoms. The molecule has 114 valence electrons. The monoisotopic (exact) mass is 276 g/mol. The highest BCUT2D eigenvalue weighted by molar-refractivity contribution is 5.15. The molecule has 2 nitrogen and oxygen atoms in total. The average molecular weight is 276 g/mol. The summed E-state index contributed by atoms with van der Waals surface area (Å²) >= 11 is 0. The largest absolute Gasteiger partial charge is 0.329 e. The standard InChI is InChI=1S/C18H32N2/c1-5-16(4)13-18(6-2,15-19)20(7-3)14-17-11-9-8-10-12-17/h8-12,16H,5-7,13-15,19H2,1-4H3. The Kier molecular flexibility index (Phi) is 7.25. The molecule has 2 atom stereocenters. The van der Waals surface area contributed by atoms with Gasteiger partial charge in [-0.3, -0.25) is 4.90 Å². The van der Waals surface area contributed by atoms with Crippen LogP contribution in [0.25, 0.3) is 0 Å². The fraction of sp³-hybridized carbons (Fsp3) is 0.667. The molecule has 0 bridgehead atoms. The summed E-state index contributed by atoms with van der Waals surface area (Å²) in [6.45, 7) is 11.9. The molecule has 20 heavy (non-hydrogen) atoms. The van der Waals surface area contributed by atoms with Crippen molar-refractivity contribution in [2.75, 3.05) is 13.1 Å². The van der Waals surface area contributed by atoms with E-state index in [4.69, 9.17) is 5.73 Å². The molecule has 2 unspecified atom stereocenters. The normalized spacial score (nSPS) is 16.1. The topological polar surface area (TPSA) is 29.3 Å². The summed E-state index contributed by atoms with van der Waals surface area (Å²) in [5.74, 6) is 0.725. The third kappa shape index (κ3) is 4.32. The second kappa shape index (κ2) is 8.43. The van der Waals surface area contributed by atoms with Crippen molar-refractivity contribution < 1.29 is 0 Å². The number of hydrogen-bond acceptors (Lipinski definition) is 2. The molecule has 0 saturated carbocycles. The average Bonchev–Trinajstić information content (AvgIpc) is 2.51. The Labute approximate surface area is 125 Å². The predicted molar refractivity (Wildman–Crippen MR) is 88.7 cm³/mol. The zero-order valence-electron chi connectivity index (χ0n) is 13.7. The van der Waals surface area contributed by atoms with Gasteiger partial charge in [-0.15, -0.1) is 0 Å². The summed E-state index contributed by atoms with van der Waals surface area (Å²) < 4.78 is 0. The van der Waals surface area contributed by atoms with E-state index in [2.05, 4.69) is 62.9 Å². The summed E-state index contributed by atoms with van der Waals surface area (Å²) in [4.78, 5) is 2.58. The molecule has 0 fully saturated rings. The van der Waals surface area contributed by atoms with E-state index in [9.17, 15) is 0 Å². The highest BCUT2D eigenvalue weighted by atomic mass is 15.2. The number of hydrogen-bond donors (Lipinski definition) is 1. The molecule has 1 aromatic carbocycles. The van der Waals surface area contributed by atoms with Gasteiger partial charge in [0.1, 0.15) is 0 Å². The van der Waals surface area contributed by atoms with Crippen LogP contribution >= 0.6 is 0 Å². The molecule has 0 spiro atoms. The molecule has 2 N–H and O–H groups in total. The summed E-state index contributed by atoms with van der Waals surface area (Å²) in [6, 6.07) is 10.7. The van der Waals surface area contributed by atoms with Gasteiger partial charge in [0.05, 0.1) is 0 Å². The first kappa shape index (κ1) is 17.2. The lowest BCUT2D eigenvalue weighted by Gasteiger charge is -2.44. The van der Waals surface area contributed by atoms with Crippen LogP contribution in [-0.4, -0.2) is 23.5 Å². The maximum atomic E-state index is 6.21. The van der Waals surface area contributed by atoms with Crippen molar-refractivity contribution in [3.63, 3.8) is 0 Å². The van der Waals surface area contributed by atoms with Gasteiger partial charge in [-0.2, -0.15) is 0 Å². The molecule has 1 rings (SSSR count). The lowest BCUT2D eigenvalue weighted by molar-refractivity contribution is 0.0634. The van der Waals surface area contributed by atoms with Crippen LogP contribution in [0.1, 0.15) is 52.5 Å². The number of nitrogens with zero attached hydrogens (tertiary/aromatic N) is 1. The van der Waals surface area contributed by atoms with Crippen LogP contribution in [-0.2, 0) is 6.54 Å². The fourth-order valence-corrected chi connectivity index (χ4v) is 3.07. The highest BCUT2D eigenvalue weighted by Gasteiger charge is 2.33. The Morgan fingerprint density at radius 2 is 1.80 bits per heavy atom. The van der Waals surface area contributed by atoms with E-state index in [1.807, 2.05) is 0 Å². The summed E-state index contributed by atoms with van der Waals surface area (Å²) in [6.07, 6.45) is 3.54. The Bertz CT molecular complexity index is 357. The lowest BCUT2D eigenvalue weighted by Crippen LogP contribution is -2.54. The van der Waals surface area contributed by atoms with Crippen molar-refractivity contribution >= 4 is 0 Å². The number of likely N-dealkylation sites (N-methyl/N-ethyl adjacent to an activating group) is 1. The second-order valence-corrected chi connectivity index (χ2v) is 6.00. The SMILES string of the molecule is CCC(C)CC(CC)(CN)N(CC)Cc1ccccc1. The Hall–Kier alpha value is -0.860. The molecular formula is C18H32N2. The van der Waals surface area contributed by atoms with Gasteiger partial charge in [-0.1, -0.05) is 64.4 Å². The maximum absolute atomic E-state index is 6.21. The van der Waals surface area contributed by atoms with Crippen molar-refractivity contribution in [2.24, 2.45) is 11.7 Å². The molecule has 0 radical (unpaired) electrons. The van der Waals surface area contributed by atoms with Crippen molar-refractivity contribution in [3.05, 3.63) is 35.9 Å². The molecule has 0 heterocycles. The van der Waals surface area contributed by atoms with E-state index in [0.29, 0.717) is 0 Å². The van der Waals surface area contributed by atoms with Crippen molar-refractivity contribution in [2.45, 2.75) is 59.0 Å². The lowest BCUT2D eigenvalue weighted by atomic mass is 9.82. The summed E-state index contributed by atoms with van der Waals surface area (Å²) in [5.41, 5.74) is 7.73. The van der Waals surface area contributed by atoms with Gasteiger partial charge in [0, 0.05) is 18.6 Å². The molecule has 0 saturated heterocycles. The van der Waals surface area contributed by atoms with Crippen molar-refractivity contribution in [3.8, 4) is 0 Å². The molecule has 0 aliphatic rings. The van der Waals surface area contributed by atoms with E-state index in [0.717, 1.165) is 32.0 Å². The first-order valence-corrected chi connectivity index (χ1v) is 8.10.